The molecular weight excluding hydrogens is 195 g/mol. The van der Waals surface area contributed by atoms with Gasteiger partial charge in [-0.3, -0.25) is 0 Å². The van der Waals surface area contributed by atoms with Crippen LogP contribution in [0.3, 0.4) is 0 Å². The molecule has 0 spiro atoms. The number of hydrogen-bond donors (Lipinski definition) is 1. The van der Waals surface area contributed by atoms with Crippen LogP contribution in [0.15, 0.2) is 34.9 Å². The highest BCUT2D eigenvalue weighted by Gasteiger charge is 1.95. The van der Waals surface area contributed by atoms with Crippen molar-refractivity contribution in [3.05, 3.63) is 47.4 Å². The first-order valence-corrected chi connectivity index (χ1v) is 4.40. The van der Waals surface area contributed by atoms with Gasteiger partial charge in [0.25, 0.3) is 0 Å². The third kappa shape index (κ3) is 2.43. The molecule has 1 aromatic carbocycles. The number of benzene rings is 1. The Balaban J connectivity index is 2.14. The van der Waals surface area contributed by atoms with Gasteiger partial charge in [-0.1, -0.05) is 23.4 Å². The van der Waals surface area contributed by atoms with Crippen LogP contribution in [0.5, 0.6) is 0 Å². The first-order chi connectivity index (χ1) is 7.24. The van der Waals surface area contributed by atoms with E-state index in [0.717, 1.165) is 5.56 Å². The monoisotopic (exact) mass is 204 g/mol. The van der Waals surface area contributed by atoms with E-state index in [4.69, 9.17) is 5.73 Å². The van der Waals surface area contributed by atoms with Crippen LogP contribution in [0.4, 0.5) is 10.3 Å². The predicted octanol–water partition coefficient (Wildman–Crippen LogP) is 2.57. The summed E-state index contributed by atoms with van der Waals surface area (Å²) in [5, 5.41) is 3.69. The summed E-state index contributed by atoms with van der Waals surface area (Å²) in [7, 11) is 0. The molecule has 0 unspecified atom stereocenters. The number of nitrogens with two attached hydrogens (primary N) is 1. The molecule has 0 bridgehead atoms. The number of rotatable bonds is 2. The minimum atomic E-state index is -0.252. The average Bonchev–Trinajstić information content (AvgIpc) is 2.64. The molecule has 3 nitrogen and oxygen atoms in total. The fourth-order valence-electron chi connectivity index (χ4n) is 1.14. The molecule has 0 aliphatic rings. The topological polar surface area (TPSA) is 52.0 Å². The molecule has 1 aromatic heterocycles. The van der Waals surface area contributed by atoms with Crippen molar-refractivity contribution in [1.82, 2.24) is 5.16 Å². The van der Waals surface area contributed by atoms with Crippen LogP contribution in [0.2, 0.25) is 0 Å². The molecule has 4 heteroatoms. The zero-order valence-electron chi connectivity index (χ0n) is 7.85. The number of hydrogen-bond acceptors (Lipinski definition) is 3. The van der Waals surface area contributed by atoms with Gasteiger partial charge in [-0.25, -0.2) is 4.39 Å². The lowest BCUT2D eigenvalue weighted by atomic mass is 10.2. The quantitative estimate of drug-likeness (QED) is 0.817. The summed E-state index contributed by atoms with van der Waals surface area (Å²) < 4.78 is 17.3. The second kappa shape index (κ2) is 3.96. The van der Waals surface area contributed by atoms with Crippen LogP contribution in [0.1, 0.15) is 11.3 Å². The van der Waals surface area contributed by atoms with Gasteiger partial charge in [0.05, 0.1) is 0 Å². The molecule has 0 saturated heterocycles. The summed E-state index contributed by atoms with van der Waals surface area (Å²) in [5.41, 5.74) is 6.88. The number of nitrogens with zero attached hydrogens (tertiary/aromatic N) is 1. The molecular formula is C11H9FN2O. The molecule has 15 heavy (non-hydrogen) atoms. The maximum atomic E-state index is 12.6. The van der Waals surface area contributed by atoms with E-state index in [1.165, 1.54) is 12.1 Å². The summed E-state index contributed by atoms with van der Waals surface area (Å²) in [6.45, 7) is 0. The molecule has 2 aromatic rings. The Kier molecular flexibility index (Phi) is 2.49. The molecule has 0 aliphatic heterocycles. The number of nitrogen functional groups attached to an aromatic ring is 1. The summed E-state index contributed by atoms with van der Waals surface area (Å²) >= 11 is 0. The molecule has 2 N–H and O–H groups in total. The largest absolute Gasteiger partial charge is 0.368 e. The molecule has 0 aliphatic carbocycles. The second-order valence-electron chi connectivity index (χ2n) is 3.04. The van der Waals surface area contributed by atoms with Gasteiger partial charge in [0, 0.05) is 6.07 Å². The van der Waals surface area contributed by atoms with E-state index in [9.17, 15) is 4.39 Å². The molecule has 0 saturated carbocycles. The molecule has 0 fully saturated rings. The fourth-order valence-corrected chi connectivity index (χ4v) is 1.14. The minimum Gasteiger partial charge on any atom is -0.368 e. The molecule has 76 valence electrons. The van der Waals surface area contributed by atoms with Crippen molar-refractivity contribution in [3.8, 4) is 0 Å². The third-order valence-electron chi connectivity index (χ3n) is 1.86. The highest BCUT2D eigenvalue weighted by molar-refractivity contribution is 5.68. The Hall–Kier alpha value is -2.10. The van der Waals surface area contributed by atoms with Crippen molar-refractivity contribution in [3.63, 3.8) is 0 Å². The average molecular weight is 204 g/mol. The van der Waals surface area contributed by atoms with Crippen molar-refractivity contribution in [2.75, 3.05) is 5.73 Å². The van der Waals surface area contributed by atoms with Crippen LogP contribution in [0.25, 0.3) is 12.2 Å². The first-order valence-electron chi connectivity index (χ1n) is 4.40. The molecule has 0 atom stereocenters. The van der Waals surface area contributed by atoms with Crippen LogP contribution in [-0.2, 0) is 0 Å². The van der Waals surface area contributed by atoms with Gasteiger partial charge >= 0.3 is 0 Å². The maximum absolute atomic E-state index is 12.6. The van der Waals surface area contributed by atoms with Gasteiger partial charge in [0.2, 0.25) is 5.88 Å². The van der Waals surface area contributed by atoms with Gasteiger partial charge in [0.1, 0.15) is 11.5 Å². The Labute approximate surface area is 86.0 Å². The zero-order chi connectivity index (χ0) is 10.7. The molecule has 1 heterocycles. The van der Waals surface area contributed by atoms with Gasteiger partial charge in [-0.2, -0.15) is 0 Å². The van der Waals surface area contributed by atoms with Crippen LogP contribution >= 0.6 is 0 Å². The van der Waals surface area contributed by atoms with Gasteiger partial charge in [-0.05, 0) is 23.8 Å². The number of halogens is 1. The lowest BCUT2D eigenvalue weighted by Gasteiger charge is -1.91. The first kappa shape index (κ1) is 9.45. The SMILES string of the molecule is Nc1cc(/C=C/c2ccc(F)cc2)no1. The Morgan fingerprint density at radius 1 is 1.20 bits per heavy atom. The van der Waals surface area contributed by atoms with Crippen LogP contribution in [-0.4, -0.2) is 5.16 Å². The normalized spacial score (nSPS) is 11.0. The van der Waals surface area contributed by atoms with Crippen molar-refractivity contribution in [2.45, 2.75) is 0 Å². The van der Waals surface area contributed by atoms with Gasteiger partial charge < -0.3 is 10.3 Å². The summed E-state index contributed by atoms with van der Waals surface area (Å²) in [6.07, 6.45) is 3.55. The van der Waals surface area contributed by atoms with Crippen LogP contribution in [0, 0.1) is 5.82 Å². The summed E-state index contributed by atoms with van der Waals surface area (Å²) in [4.78, 5) is 0. The zero-order valence-corrected chi connectivity index (χ0v) is 7.85. The van der Waals surface area contributed by atoms with E-state index in [2.05, 4.69) is 9.68 Å². The van der Waals surface area contributed by atoms with E-state index in [-0.39, 0.29) is 11.7 Å². The van der Waals surface area contributed by atoms with Gasteiger partial charge in [0.15, 0.2) is 0 Å². The van der Waals surface area contributed by atoms with E-state index < -0.39 is 0 Å². The Morgan fingerprint density at radius 3 is 2.53 bits per heavy atom. The van der Waals surface area contributed by atoms with Crippen molar-refractivity contribution < 1.29 is 8.91 Å². The molecule has 0 amide bonds. The van der Waals surface area contributed by atoms with Gasteiger partial charge in [-0.15, -0.1) is 0 Å². The molecule has 2 rings (SSSR count). The lowest BCUT2D eigenvalue weighted by molar-refractivity contribution is 0.435. The number of aromatic nitrogens is 1. The molecule has 0 radical (unpaired) electrons. The number of anilines is 1. The third-order valence-corrected chi connectivity index (χ3v) is 1.86. The van der Waals surface area contributed by atoms with E-state index in [1.807, 2.05) is 0 Å². The Bertz CT molecular complexity index is 474. The fraction of sp³-hybridized carbons (Fsp3) is 0. The maximum Gasteiger partial charge on any atom is 0.222 e. The predicted molar refractivity (Wildman–Crippen MR) is 56.2 cm³/mol. The van der Waals surface area contributed by atoms with E-state index in [1.54, 1.807) is 30.4 Å². The Morgan fingerprint density at radius 2 is 1.93 bits per heavy atom. The highest BCUT2D eigenvalue weighted by atomic mass is 19.1. The van der Waals surface area contributed by atoms with Crippen molar-refractivity contribution >= 4 is 18.0 Å². The van der Waals surface area contributed by atoms with Crippen LogP contribution < -0.4 is 5.73 Å². The second-order valence-corrected chi connectivity index (χ2v) is 3.04. The minimum absolute atomic E-state index is 0.252. The van der Waals surface area contributed by atoms with E-state index in [0.29, 0.717) is 5.69 Å². The smallest absolute Gasteiger partial charge is 0.222 e. The highest BCUT2D eigenvalue weighted by Crippen LogP contribution is 2.10. The summed E-state index contributed by atoms with van der Waals surface area (Å²) in [6, 6.07) is 7.76. The standard InChI is InChI=1S/C11H9FN2O/c12-9-4-1-8(2-5-9)3-6-10-7-11(13)15-14-10/h1-7H,13H2/b6-3+. The lowest BCUT2D eigenvalue weighted by Crippen LogP contribution is -1.76. The van der Waals surface area contributed by atoms with E-state index >= 15 is 0 Å². The summed E-state index contributed by atoms with van der Waals surface area (Å²) in [5.74, 6) is 0.0200. The van der Waals surface area contributed by atoms with Crippen molar-refractivity contribution in [2.24, 2.45) is 0 Å². The van der Waals surface area contributed by atoms with Crippen molar-refractivity contribution in [1.29, 1.82) is 0 Å².